The average molecular weight is 364 g/mol. The van der Waals surface area contributed by atoms with Gasteiger partial charge in [-0.15, -0.1) is 5.10 Å². The lowest BCUT2D eigenvalue weighted by molar-refractivity contribution is -0.121. The molecule has 0 bridgehead atoms. The number of carbonyl (C=O) groups is 2. The predicted molar refractivity (Wildman–Crippen MR) is 101 cm³/mol. The molecular weight excluding hydrogens is 348 g/mol. The van der Waals surface area contributed by atoms with Crippen molar-refractivity contribution in [2.24, 2.45) is 12.1 Å². The molecule has 3 aromatic rings. The van der Waals surface area contributed by atoms with Crippen molar-refractivity contribution in [2.75, 3.05) is 6.54 Å². The van der Waals surface area contributed by atoms with Gasteiger partial charge in [0.15, 0.2) is 0 Å². The summed E-state index contributed by atoms with van der Waals surface area (Å²) in [6.07, 6.45) is 0. The van der Waals surface area contributed by atoms with Gasteiger partial charge in [0.2, 0.25) is 4.80 Å². The lowest BCUT2D eigenvalue weighted by Crippen LogP contribution is -2.35. The standard InChI is InChI=1S/C19H16N4O2S/c1-12-13-7-3-4-8-14(13)18(25)23(12)11-17(24)20-21-19-22(2)15-9-5-6-10-16(15)26-19/h3-10H,1,11H2,2H3,(H,20,24)/b21-19-. The monoisotopic (exact) mass is 364 g/mol. The topological polar surface area (TPSA) is 66.7 Å². The van der Waals surface area contributed by atoms with Crippen LogP contribution < -0.4 is 10.2 Å². The van der Waals surface area contributed by atoms with Crippen LogP contribution in [-0.2, 0) is 11.8 Å². The Morgan fingerprint density at radius 3 is 2.58 bits per heavy atom. The SMILES string of the molecule is C=C1c2ccccc2C(=O)N1CC(=O)N/N=c1\sc2ccccc2n1C. The van der Waals surface area contributed by atoms with E-state index in [4.69, 9.17) is 0 Å². The van der Waals surface area contributed by atoms with E-state index in [0.717, 1.165) is 15.8 Å². The van der Waals surface area contributed by atoms with Crippen molar-refractivity contribution in [2.45, 2.75) is 0 Å². The molecule has 2 aromatic carbocycles. The minimum Gasteiger partial charge on any atom is -0.318 e. The second kappa shape index (κ2) is 6.27. The minimum atomic E-state index is -0.371. The van der Waals surface area contributed by atoms with Gasteiger partial charge in [-0.1, -0.05) is 48.2 Å². The number of fused-ring (bicyclic) bond motifs is 2. The molecule has 4 rings (SSSR count). The summed E-state index contributed by atoms with van der Waals surface area (Å²) >= 11 is 1.48. The number of hydrogen-bond acceptors (Lipinski definition) is 4. The molecule has 6 nitrogen and oxygen atoms in total. The fraction of sp³-hybridized carbons (Fsp3) is 0.105. The second-order valence-electron chi connectivity index (χ2n) is 5.94. The number of aromatic nitrogens is 1. The third-order valence-corrected chi connectivity index (χ3v) is 5.44. The molecule has 130 valence electrons. The predicted octanol–water partition coefficient (Wildman–Crippen LogP) is 2.30. The number of nitrogens with zero attached hydrogens (tertiary/aromatic N) is 3. The fourth-order valence-electron chi connectivity index (χ4n) is 2.98. The molecule has 1 aliphatic heterocycles. The van der Waals surface area contributed by atoms with Crippen LogP contribution in [0.4, 0.5) is 0 Å². The van der Waals surface area contributed by atoms with E-state index in [9.17, 15) is 9.59 Å². The average Bonchev–Trinajstić information content (AvgIpc) is 3.10. The number of carbonyl (C=O) groups excluding carboxylic acids is 2. The summed E-state index contributed by atoms with van der Waals surface area (Å²) in [5.41, 5.74) is 5.45. The molecule has 2 amide bonds. The van der Waals surface area contributed by atoms with Gasteiger partial charge in [0.25, 0.3) is 11.8 Å². The normalized spacial score (nSPS) is 14.2. The van der Waals surface area contributed by atoms with E-state index in [1.165, 1.54) is 16.2 Å². The molecule has 0 radical (unpaired) electrons. The van der Waals surface area contributed by atoms with Crippen LogP contribution in [0.3, 0.4) is 0 Å². The summed E-state index contributed by atoms with van der Waals surface area (Å²) in [5, 5.41) is 4.20. The number of para-hydroxylation sites is 1. The Balaban J connectivity index is 1.52. The van der Waals surface area contributed by atoms with Gasteiger partial charge in [-0.3, -0.25) is 14.5 Å². The zero-order valence-corrected chi connectivity index (χ0v) is 14.9. The van der Waals surface area contributed by atoms with Crippen LogP contribution in [0.1, 0.15) is 15.9 Å². The number of aryl methyl sites for hydroxylation is 1. The van der Waals surface area contributed by atoms with Gasteiger partial charge >= 0.3 is 0 Å². The molecule has 1 aromatic heterocycles. The zero-order valence-electron chi connectivity index (χ0n) is 14.1. The van der Waals surface area contributed by atoms with E-state index < -0.39 is 0 Å². The van der Waals surface area contributed by atoms with Crippen molar-refractivity contribution in [3.05, 3.63) is 71.0 Å². The van der Waals surface area contributed by atoms with E-state index in [1.54, 1.807) is 12.1 Å². The maximum Gasteiger partial charge on any atom is 0.260 e. The van der Waals surface area contributed by atoms with Crippen LogP contribution in [-0.4, -0.2) is 27.8 Å². The molecule has 0 unspecified atom stereocenters. The van der Waals surface area contributed by atoms with E-state index in [0.29, 0.717) is 16.1 Å². The number of benzene rings is 2. The summed E-state index contributed by atoms with van der Waals surface area (Å²) in [6.45, 7) is 3.81. The smallest absolute Gasteiger partial charge is 0.260 e. The van der Waals surface area contributed by atoms with Crippen LogP contribution in [0.15, 0.2) is 60.2 Å². The molecule has 2 heterocycles. The highest BCUT2D eigenvalue weighted by Gasteiger charge is 2.31. The maximum atomic E-state index is 12.4. The molecule has 0 fully saturated rings. The summed E-state index contributed by atoms with van der Waals surface area (Å²) < 4.78 is 3.00. The van der Waals surface area contributed by atoms with Gasteiger partial charge in [0, 0.05) is 23.9 Å². The Hall–Kier alpha value is -3.19. The number of thiazole rings is 1. The van der Waals surface area contributed by atoms with Crippen molar-refractivity contribution in [3.63, 3.8) is 0 Å². The Labute approximate surface area is 153 Å². The molecule has 1 N–H and O–H groups in total. The highest BCUT2D eigenvalue weighted by atomic mass is 32.1. The Bertz CT molecular complexity index is 1090. The molecule has 1 aliphatic rings. The van der Waals surface area contributed by atoms with Crippen molar-refractivity contribution in [3.8, 4) is 0 Å². The first kappa shape index (κ1) is 16.3. The summed E-state index contributed by atoms with van der Waals surface area (Å²) in [5.74, 6) is -0.585. The first-order valence-corrected chi connectivity index (χ1v) is 8.85. The van der Waals surface area contributed by atoms with Crippen molar-refractivity contribution in [1.82, 2.24) is 14.9 Å². The third kappa shape index (κ3) is 2.62. The Morgan fingerprint density at radius 2 is 1.85 bits per heavy atom. The molecule has 0 saturated carbocycles. The van der Waals surface area contributed by atoms with Crippen molar-refractivity contribution >= 4 is 39.1 Å². The van der Waals surface area contributed by atoms with Gasteiger partial charge in [-0.25, -0.2) is 5.43 Å². The molecule has 0 spiro atoms. The van der Waals surface area contributed by atoms with Gasteiger partial charge in [-0.2, -0.15) is 0 Å². The van der Waals surface area contributed by atoms with Crippen molar-refractivity contribution < 1.29 is 9.59 Å². The van der Waals surface area contributed by atoms with Gasteiger partial charge in [0.05, 0.1) is 10.2 Å². The molecule has 0 aliphatic carbocycles. The Kier molecular flexibility index (Phi) is 3.93. The molecular formula is C19H16N4O2S. The lowest BCUT2D eigenvalue weighted by Gasteiger charge is -2.15. The highest BCUT2D eigenvalue weighted by molar-refractivity contribution is 7.16. The first-order chi connectivity index (χ1) is 12.6. The molecule has 0 atom stereocenters. The second-order valence-corrected chi connectivity index (χ2v) is 6.95. The van der Waals surface area contributed by atoms with Crippen LogP contribution in [0.25, 0.3) is 15.9 Å². The minimum absolute atomic E-state index is 0.121. The highest BCUT2D eigenvalue weighted by Crippen LogP contribution is 2.30. The van der Waals surface area contributed by atoms with E-state index in [2.05, 4.69) is 17.1 Å². The fourth-order valence-corrected chi connectivity index (χ4v) is 3.96. The summed E-state index contributed by atoms with van der Waals surface area (Å²) in [6, 6.07) is 15.1. The lowest BCUT2D eigenvalue weighted by atomic mass is 10.1. The largest absolute Gasteiger partial charge is 0.318 e. The number of amides is 2. The van der Waals surface area contributed by atoms with E-state index >= 15 is 0 Å². The van der Waals surface area contributed by atoms with Gasteiger partial charge in [-0.05, 0) is 18.2 Å². The number of hydrogen-bond donors (Lipinski definition) is 1. The molecule has 7 heteroatoms. The number of nitrogens with one attached hydrogen (secondary N) is 1. The summed E-state index contributed by atoms with van der Waals surface area (Å²) in [4.78, 5) is 26.8. The number of rotatable bonds is 3. The van der Waals surface area contributed by atoms with Crippen LogP contribution >= 0.6 is 11.3 Å². The van der Waals surface area contributed by atoms with Gasteiger partial charge in [0.1, 0.15) is 6.54 Å². The van der Waals surface area contributed by atoms with Crippen molar-refractivity contribution in [1.29, 1.82) is 0 Å². The van der Waals surface area contributed by atoms with E-state index in [-0.39, 0.29) is 18.4 Å². The van der Waals surface area contributed by atoms with Crippen LogP contribution in [0.5, 0.6) is 0 Å². The van der Waals surface area contributed by atoms with Crippen LogP contribution in [0, 0.1) is 0 Å². The zero-order chi connectivity index (χ0) is 18.3. The van der Waals surface area contributed by atoms with Crippen LogP contribution in [0.2, 0.25) is 0 Å². The molecule has 26 heavy (non-hydrogen) atoms. The molecule has 0 saturated heterocycles. The quantitative estimate of drug-likeness (QED) is 0.725. The third-order valence-electron chi connectivity index (χ3n) is 4.33. The maximum absolute atomic E-state index is 12.4. The summed E-state index contributed by atoms with van der Waals surface area (Å²) in [7, 11) is 1.90. The first-order valence-electron chi connectivity index (χ1n) is 8.03. The van der Waals surface area contributed by atoms with E-state index in [1.807, 2.05) is 48.0 Å². The Morgan fingerprint density at radius 1 is 1.15 bits per heavy atom. The van der Waals surface area contributed by atoms with Gasteiger partial charge < -0.3 is 4.57 Å².